The number of aliphatic carboxylic acids is 2. The molecule has 5 N–H and O–H groups in total. The molecule has 0 atom stereocenters. The van der Waals surface area contributed by atoms with Crippen LogP contribution < -0.4 is 11.1 Å². The van der Waals surface area contributed by atoms with Crippen molar-refractivity contribution >= 4 is 11.9 Å². The van der Waals surface area contributed by atoms with Crippen molar-refractivity contribution in [2.24, 2.45) is 5.73 Å². The fourth-order valence-electron chi connectivity index (χ4n) is 1.54. The minimum absolute atomic E-state index is 0.116. The van der Waals surface area contributed by atoms with E-state index in [9.17, 15) is 9.59 Å². The maximum atomic E-state index is 10.2. The van der Waals surface area contributed by atoms with E-state index >= 15 is 0 Å². The first-order valence-electron chi connectivity index (χ1n) is 5.43. The van der Waals surface area contributed by atoms with Crippen LogP contribution in [0.5, 0.6) is 0 Å². The topological polar surface area (TPSA) is 113 Å². The molecular weight excluding hydrogens is 212 g/mol. The van der Waals surface area contributed by atoms with E-state index in [4.69, 9.17) is 10.2 Å². The Morgan fingerprint density at radius 3 is 2.00 bits per heavy atom. The summed E-state index contributed by atoms with van der Waals surface area (Å²) in [6, 6.07) is 0.458. The molecule has 0 aromatic rings. The Kier molecular flexibility index (Phi) is 8.46. The van der Waals surface area contributed by atoms with Crippen LogP contribution in [-0.4, -0.2) is 41.3 Å². The third-order valence-electron chi connectivity index (χ3n) is 2.32. The van der Waals surface area contributed by atoms with Crippen LogP contribution in [0.4, 0.5) is 0 Å². The summed E-state index contributed by atoms with van der Waals surface area (Å²) in [4.78, 5) is 19.4. The van der Waals surface area contributed by atoms with Gasteiger partial charge < -0.3 is 21.3 Å². The summed E-state index contributed by atoms with van der Waals surface area (Å²) in [6.45, 7) is -0.162. The highest BCUT2D eigenvalue weighted by molar-refractivity contribution is 5.69. The molecule has 1 aliphatic rings. The number of nitrogens with one attached hydrogen (secondary N) is 1. The van der Waals surface area contributed by atoms with E-state index in [1.165, 1.54) is 19.3 Å². The van der Waals surface area contributed by atoms with Crippen LogP contribution in [0.2, 0.25) is 0 Å². The number of hydrogen-bond donors (Lipinski definition) is 4. The molecule has 1 aliphatic carbocycles. The molecule has 0 unspecified atom stereocenters. The van der Waals surface area contributed by atoms with Gasteiger partial charge in [-0.3, -0.25) is 9.59 Å². The van der Waals surface area contributed by atoms with Crippen LogP contribution in [0.3, 0.4) is 0 Å². The Bertz CT molecular complexity index is 215. The lowest BCUT2D eigenvalue weighted by molar-refractivity contribution is -0.136. The normalized spacial score (nSPS) is 16.1. The van der Waals surface area contributed by atoms with Gasteiger partial charge in [0.2, 0.25) is 0 Å². The van der Waals surface area contributed by atoms with Gasteiger partial charge in [-0.1, -0.05) is 19.3 Å². The van der Waals surface area contributed by atoms with Crippen LogP contribution in [0.1, 0.15) is 32.1 Å². The van der Waals surface area contributed by atoms with Crippen LogP contribution in [0, 0.1) is 0 Å². The third-order valence-corrected chi connectivity index (χ3v) is 2.32. The fraction of sp³-hybridized carbons (Fsp3) is 0.800. The van der Waals surface area contributed by atoms with Gasteiger partial charge >= 0.3 is 11.9 Å². The van der Waals surface area contributed by atoms with Gasteiger partial charge in [0.25, 0.3) is 0 Å². The van der Waals surface area contributed by atoms with Crippen molar-refractivity contribution < 1.29 is 19.8 Å². The molecule has 94 valence electrons. The maximum absolute atomic E-state index is 10.2. The van der Waals surface area contributed by atoms with Gasteiger partial charge in [0.15, 0.2) is 0 Å². The van der Waals surface area contributed by atoms with Crippen molar-refractivity contribution in [1.82, 2.24) is 5.32 Å². The minimum atomic E-state index is -0.968. The number of nitrogens with two attached hydrogens (primary N) is 1. The SMILES string of the molecule is NCC(=O)O.O=C(O)CNC1CCCCC1. The van der Waals surface area contributed by atoms with Gasteiger partial charge in [0.05, 0.1) is 13.1 Å². The molecule has 0 radical (unpaired) electrons. The van der Waals surface area contributed by atoms with E-state index in [0.717, 1.165) is 12.8 Å². The second-order valence-electron chi connectivity index (χ2n) is 3.71. The monoisotopic (exact) mass is 232 g/mol. The Morgan fingerprint density at radius 1 is 1.12 bits per heavy atom. The van der Waals surface area contributed by atoms with Crippen molar-refractivity contribution in [2.45, 2.75) is 38.1 Å². The molecule has 1 fully saturated rings. The molecular formula is C10H20N2O4. The summed E-state index contributed by atoms with van der Waals surface area (Å²) >= 11 is 0. The van der Waals surface area contributed by atoms with Crippen molar-refractivity contribution in [3.8, 4) is 0 Å². The smallest absolute Gasteiger partial charge is 0.317 e. The van der Waals surface area contributed by atoms with Crippen molar-refractivity contribution in [3.05, 3.63) is 0 Å². The highest BCUT2D eigenvalue weighted by Crippen LogP contribution is 2.16. The standard InChI is InChI=1S/C8H15NO2.C2H5NO2/c10-8(11)6-9-7-4-2-1-3-5-7;3-1-2(4)5/h7,9H,1-6H2,(H,10,11);1,3H2,(H,4,5). The van der Waals surface area contributed by atoms with Gasteiger partial charge in [-0.25, -0.2) is 0 Å². The average molecular weight is 232 g/mol. The summed E-state index contributed by atoms with van der Waals surface area (Å²) in [5.41, 5.74) is 4.57. The molecule has 0 heterocycles. The molecule has 6 heteroatoms. The van der Waals surface area contributed by atoms with E-state index < -0.39 is 11.9 Å². The van der Waals surface area contributed by atoms with Crippen LogP contribution >= 0.6 is 0 Å². The lowest BCUT2D eigenvalue weighted by Crippen LogP contribution is -2.34. The minimum Gasteiger partial charge on any atom is -0.480 e. The van der Waals surface area contributed by atoms with Crippen LogP contribution in [-0.2, 0) is 9.59 Å². The highest BCUT2D eigenvalue weighted by atomic mass is 16.4. The molecule has 16 heavy (non-hydrogen) atoms. The zero-order valence-electron chi connectivity index (χ0n) is 9.32. The first kappa shape index (κ1) is 14.9. The van der Waals surface area contributed by atoms with Gasteiger partial charge in [-0.15, -0.1) is 0 Å². The van der Waals surface area contributed by atoms with E-state index in [-0.39, 0.29) is 13.1 Å². The second-order valence-corrected chi connectivity index (χ2v) is 3.71. The quantitative estimate of drug-likeness (QED) is 0.543. The summed E-state index contributed by atoms with van der Waals surface area (Å²) in [5, 5.41) is 19.0. The molecule has 6 nitrogen and oxygen atoms in total. The lowest BCUT2D eigenvalue weighted by Gasteiger charge is -2.21. The molecule has 0 aromatic carbocycles. The van der Waals surface area contributed by atoms with Crippen molar-refractivity contribution in [1.29, 1.82) is 0 Å². The molecule has 0 amide bonds. The molecule has 0 saturated heterocycles. The zero-order valence-corrected chi connectivity index (χ0v) is 9.32. The molecule has 1 saturated carbocycles. The van der Waals surface area contributed by atoms with Gasteiger partial charge in [0, 0.05) is 6.04 Å². The maximum Gasteiger partial charge on any atom is 0.317 e. The Morgan fingerprint density at radius 2 is 1.62 bits per heavy atom. The zero-order chi connectivity index (χ0) is 12.4. The number of carboxylic acid groups (broad SMARTS) is 2. The predicted octanol–water partition coefficient (Wildman–Crippen LogP) is 0.0230. The van der Waals surface area contributed by atoms with Crippen LogP contribution in [0.15, 0.2) is 0 Å². The van der Waals surface area contributed by atoms with Crippen molar-refractivity contribution in [3.63, 3.8) is 0 Å². The van der Waals surface area contributed by atoms with Gasteiger partial charge in [-0.2, -0.15) is 0 Å². The number of hydrogen-bond acceptors (Lipinski definition) is 4. The number of carbonyl (C=O) groups is 2. The predicted molar refractivity (Wildman–Crippen MR) is 59.2 cm³/mol. The Hall–Kier alpha value is -1.14. The summed E-state index contributed by atoms with van der Waals surface area (Å²) < 4.78 is 0. The molecule has 1 rings (SSSR count). The van der Waals surface area contributed by atoms with Gasteiger partial charge in [-0.05, 0) is 12.8 Å². The van der Waals surface area contributed by atoms with E-state index in [0.29, 0.717) is 6.04 Å². The fourth-order valence-corrected chi connectivity index (χ4v) is 1.54. The third kappa shape index (κ3) is 9.42. The first-order chi connectivity index (χ1) is 7.56. The van der Waals surface area contributed by atoms with Crippen molar-refractivity contribution in [2.75, 3.05) is 13.1 Å². The van der Waals surface area contributed by atoms with Gasteiger partial charge in [0.1, 0.15) is 0 Å². The van der Waals surface area contributed by atoms with E-state index in [1.54, 1.807) is 0 Å². The van der Waals surface area contributed by atoms with E-state index in [1.807, 2.05) is 0 Å². The first-order valence-corrected chi connectivity index (χ1v) is 5.43. The summed E-state index contributed by atoms with van der Waals surface area (Å²) in [7, 11) is 0. The molecule has 0 aliphatic heterocycles. The highest BCUT2D eigenvalue weighted by Gasteiger charge is 2.12. The molecule has 0 aromatic heterocycles. The van der Waals surface area contributed by atoms with E-state index in [2.05, 4.69) is 11.1 Å². The summed E-state index contributed by atoms with van der Waals surface area (Å²) in [5.74, 6) is -1.72. The second kappa shape index (κ2) is 9.11. The average Bonchev–Trinajstić information content (AvgIpc) is 2.28. The number of rotatable bonds is 4. The molecule has 0 bridgehead atoms. The Labute approximate surface area is 94.8 Å². The Balaban J connectivity index is 0.000000385. The number of carboxylic acids is 2. The molecule has 0 spiro atoms. The largest absolute Gasteiger partial charge is 0.480 e. The van der Waals surface area contributed by atoms with Crippen LogP contribution in [0.25, 0.3) is 0 Å². The lowest BCUT2D eigenvalue weighted by atomic mass is 9.96. The summed E-state index contributed by atoms with van der Waals surface area (Å²) in [6.07, 6.45) is 6.10.